The molecular weight excluding hydrogens is 212 g/mol. The maximum Gasteiger partial charge on any atom is 0.00480 e. The van der Waals surface area contributed by atoms with Gasteiger partial charge in [0, 0.05) is 9.75 Å². The Labute approximate surface area is 105 Å². The number of rotatable bonds is 8. The van der Waals surface area contributed by atoms with E-state index >= 15 is 0 Å². The molecule has 1 aromatic heterocycles. The van der Waals surface area contributed by atoms with E-state index in [-0.39, 0.29) is 0 Å². The molecule has 0 saturated carbocycles. The molecule has 0 aliphatic carbocycles. The number of hydrogen-bond acceptors (Lipinski definition) is 1. The summed E-state index contributed by atoms with van der Waals surface area (Å²) in [6.07, 6.45) is 9.66. The second kappa shape index (κ2) is 7.89. The number of thiophene rings is 1. The highest BCUT2D eigenvalue weighted by Gasteiger charge is 2.06. The van der Waals surface area contributed by atoms with E-state index in [1.807, 2.05) is 11.3 Å². The Morgan fingerprint density at radius 2 is 1.88 bits per heavy atom. The van der Waals surface area contributed by atoms with E-state index in [9.17, 15) is 0 Å². The average Bonchev–Trinajstić information content (AvgIpc) is 2.69. The Bertz CT molecular complexity index is 275. The van der Waals surface area contributed by atoms with Gasteiger partial charge in [-0.15, -0.1) is 11.3 Å². The van der Waals surface area contributed by atoms with Crippen LogP contribution in [-0.2, 0) is 6.42 Å². The zero-order valence-electron chi connectivity index (χ0n) is 11.1. The van der Waals surface area contributed by atoms with E-state index in [4.69, 9.17) is 0 Å². The molecule has 0 aliphatic rings. The molecule has 1 atom stereocenters. The maximum atomic E-state index is 2.34. The minimum absolute atomic E-state index is 0.973. The average molecular weight is 238 g/mol. The summed E-state index contributed by atoms with van der Waals surface area (Å²) in [5.41, 5.74) is 0. The lowest BCUT2D eigenvalue weighted by Crippen LogP contribution is -1.99. The largest absolute Gasteiger partial charge is 0.146 e. The number of unbranched alkanes of at least 4 members (excludes halogenated alkanes) is 1. The van der Waals surface area contributed by atoms with Crippen molar-refractivity contribution < 1.29 is 0 Å². The molecule has 0 fully saturated rings. The molecule has 1 unspecified atom stereocenters. The summed E-state index contributed by atoms with van der Waals surface area (Å²) in [5.74, 6) is 0.973. The molecule has 0 aliphatic heterocycles. The Balaban J connectivity index is 2.17. The highest BCUT2D eigenvalue weighted by molar-refractivity contribution is 7.11. The Hall–Kier alpha value is -0.300. The molecule has 92 valence electrons. The van der Waals surface area contributed by atoms with E-state index in [1.165, 1.54) is 49.8 Å². The molecule has 1 rings (SSSR count). The van der Waals surface area contributed by atoms with Gasteiger partial charge in [0.15, 0.2) is 0 Å². The fraction of sp³-hybridized carbons (Fsp3) is 0.733. The quantitative estimate of drug-likeness (QED) is 0.553. The minimum atomic E-state index is 0.973. The van der Waals surface area contributed by atoms with Crippen LogP contribution in [0.25, 0.3) is 0 Å². The van der Waals surface area contributed by atoms with Crippen LogP contribution in [0.2, 0.25) is 0 Å². The normalized spacial score (nSPS) is 12.9. The highest BCUT2D eigenvalue weighted by atomic mass is 32.1. The van der Waals surface area contributed by atoms with Crippen molar-refractivity contribution in [1.82, 2.24) is 0 Å². The first kappa shape index (κ1) is 13.8. The Kier molecular flexibility index (Phi) is 6.79. The topological polar surface area (TPSA) is 0 Å². The summed E-state index contributed by atoms with van der Waals surface area (Å²) in [6, 6.07) is 4.54. The maximum absolute atomic E-state index is 2.34. The van der Waals surface area contributed by atoms with Crippen molar-refractivity contribution in [3.63, 3.8) is 0 Å². The standard InChI is InChI=1S/C15H26S/c1-4-6-8-14(5-2)9-7-10-15-12-11-13(3)16-15/h11-12,14H,4-10H2,1-3H3. The summed E-state index contributed by atoms with van der Waals surface area (Å²) in [5, 5.41) is 0. The highest BCUT2D eigenvalue weighted by Crippen LogP contribution is 2.22. The van der Waals surface area contributed by atoms with E-state index in [0.29, 0.717) is 0 Å². The fourth-order valence-electron chi connectivity index (χ4n) is 2.23. The zero-order chi connectivity index (χ0) is 11.8. The molecule has 16 heavy (non-hydrogen) atoms. The molecule has 1 aromatic rings. The summed E-state index contributed by atoms with van der Waals surface area (Å²) in [4.78, 5) is 3.02. The van der Waals surface area contributed by atoms with Crippen molar-refractivity contribution in [3.05, 3.63) is 21.9 Å². The van der Waals surface area contributed by atoms with Crippen LogP contribution in [0.4, 0.5) is 0 Å². The van der Waals surface area contributed by atoms with Gasteiger partial charge in [0.1, 0.15) is 0 Å². The van der Waals surface area contributed by atoms with Gasteiger partial charge in [-0.05, 0) is 37.8 Å². The monoisotopic (exact) mass is 238 g/mol. The zero-order valence-corrected chi connectivity index (χ0v) is 11.9. The molecule has 0 nitrogen and oxygen atoms in total. The first-order valence-electron chi connectivity index (χ1n) is 6.81. The van der Waals surface area contributed by atoms with Gasteiger partial charge < -0.3 is 0 Å². The van der Waals surface area contributed by atoms with Gasteiger partial charge in [0.05, 0.1) is 0 Å². The van der Waals surface area contributed by atoms with Crippen LogP contribution in [0.3, 0.4) is 0 Å². The van der Waals surface area contributed by atoms with Gasteiger partial charge in [-0.1, -0.05) is 46.0 Å². The van der Waals surface area contributed by atoms with Gasteiger partial charge in [0.25, 0.3) is 0 Å². The predicted molar refractivity (Wildman–Crippen MR) is 75.3 cm³/mol. The van der Waals surface area contributed by atoms with Gasteiger partial charge >= 0.3 is 0 Å². The lowest BCUT2D eigenvalue weighted by atomic mass is 9.93. The second-order valence-electron chi connectivity index (χ2n) is 4.82. The van der Waals surface area contributed by atoms with E-state index in [1.54, 1.807) is 4.88 Å². The molecule has 0 spiro atoms. The van der Waals surface area contributed by atoms with Gasteiger partial charge in [-0.25, -0.2) is 0 Å². The van der Waals surface area contributed by atoms with Crippen molar-refractivity contribution in [2.45, 2.75) is 65.7 Å². The third kappa shape index (κ3) is 5.16. The molecule has 0 bridgehead atoms. The third-order valence-electron chi connectivity index (χ3n) is 3.37. The van der Waals surface area contributed by atoms with Crippen LogP contribution >= 0.6 is 11.3 Å². The second-order valence-corrected chi connectivity index (χ2v) is 6.19. The number of hydrogen-bond donors (Lipinski definition) is 0. The van der Waals surface area contributed by atoms with E-state index in [0.717, 1.165) is 5.92 Å². The summed E-state index contributed by atoms with van der Waals surface area (Å²) >= 11 is 1.96. The fourth-order valence-corrected chi connectivity index (χ4v) is 3.16. The van der Waals surface area contributed by atoms with Crippen LogP contribution < -0.4 is 0 Å². The summed E-state index contributed by atoms with van der Waals surface area (Å²) in [7, 11) is 0. The van der Waals surface area contributed by atoms with Gasteiger partial charge in [-0.3, -0.25) is 0 Å². The molecule has 1 heterocycles. The van der Waals surface area contributed by atoms with Crippen molar-refractivity contribution in [1.29, 1.82) is 0 Å². The lowest BCUT2D eigenvalue weighted by Gasteiger charge is -2.13. The Morgan fingerprint density at radius 3 is 2.44 bits per heavy atom. The van der Waals surface area contributed by atoms with E-state index in [2.05, 4.69) is 32.9 Å². The van der Waals surface area contributed by atoms with Crippen LogP contribution in [0.1, 0.15) is 62.1 Å². The van der Waals surface area contributed by atoms with Crippen molar-refractivity contribution in [2.24, 2.45) is 5.92 Å². The predicted octanol–water partition coefficient (Wildman–Crippen LogP) is 5.60. The molecule has 0 amide bonds. The number of aryl methyl sites for hydroxylation is 2. The van der Waals surface area contributed by atoms with Crippen molar-refractivity contribution in [2.75, 3.05) is 0 Å². The molecule has 0 N–H and O–H groups in total. The first-order valence-corrected chi connectivity index (χ1v) is 7.63. The van der Waals surface area contributed by atoms with Crippen LogP contribution in [0.5, 0.6) is 0 Å². The third-order valence-corrected chi connectivity index (χ3v) is 4.44. The molecule has 0 radical (unpaired) electrons. The molecule has 0 saturated heterocycles. The van der Waals surface area contributed by atoms with Crippen LogP contribution in [0.15, 0.2) is 12.1 Å². The van der Waals surface area contributed by atoms with Crippen LogP contribution in [-0.4, -0.2) is 0 Å². The minimum Gasteiger partial charge on any atom is -0.146 e. The van der Waals surface area contributed by atoms with Gasteiger partial charge in [-0.2, -0.15) is 0 Å². The molecule has 0 aromatic carbocycles. The molecule has 1 heteroatoms. The van der Waals surface area contributed by atoms with E-state index < -0.39 is 0 Å². The lowest BCUT2D eigenvalue weighted by molar-refractivity contribution is 0.410. The summed E-state index contributed by atoms with van der Waals surface area (Å²) in [6.45, 7) is 6.83. The van der Waals surface area contributed by atoms with Crippen molar-refractivity contribution >= 4 is 11.3 Å². The van der Waals surface area contributed by atoms with Crippen molar-refractivity contribution in [3.8, 4) is 0 Å². The summed E-state index contributed by atoms with van der Waals surface area (Å²) < 4.78 is 0. The first-order chi connectivity index (χ1) is 7.76. The van der Waals surface area contributed by atoms with Crippen LogP contribution in [0, 0.1) is 12.8 Å². The Morgan fingerprint density at radius 1 is 1.12 bits per heavy atom. The van der Waals surface area contributed by atoms with Gasteiger partial charge in [0.2, 0.25) is 0 Å². The molecular formula is C15H26S. The smallest absolute Gasteiger partial charge is 0.00480 e. The SMILES string of the molecule is CCCCC(CC)CCCc1ccc(C)s1.